The van der Waals surface area contributed by atoms with E-state index in [2.05, 4.69) is 41.4 Å². The van der Waals surface area contributed by atoms with E-state index >= 15 is 0 Å². The van der Waals surface area contributed by atoms with E-state index in [1.54, 1.807) is 21.3 Å². The molecule has 9 nitrogen and oxygen atoms in total. The Kier molecular flexibility index (Phi) is 6.74. The van der Waals surface area contributed by atoms with Gasteiger partial charge in [0.05, 0.1) is 26.5 Å². The number of nitrogens with one attached hydrogen (secondary N) is 2. The summed E-state index contributed by atoms with van der Waals surface area (Å²) in [6.45, 7) is 4.04. The zero-order chi connectivity index (χ0) is 22.3. The lowest BCUT2D eigenvalue weighted by Crippen LogP contribution is -2.52. The number of ether oxygens (including phenoxy) is 2. The number of anilines is 1. The lowest BCUT2D eigenvalue weighted by Gasteiger charge is -2.38. The van der Waals surface area contributed by atoms with Gasteiger partial charge in [-0.2, -0.15) is 5.10 Å². The molecule has 0 unspecified atom stereocenters. The highest BCUT2D eigenvalue weighted by atomic mass is 16.5. The molecular formula is C23H29N7O2. The molecule has 0 spiro atoms. The van der Waals surface area contributed by atoms with Gasteiger partial charge in [-0.15, -0.1) is 0 Å². The number of methoxy groups -OCH3 is 2. The maximum absolute atomic E-state index is 5.51. The number of aromatic amines is 1. The minimum absolute atomic E-state index is 0.516. The summed E-state index contributed by atoms with van der Waals surface area (Å²) in [5.41, 5.74) is 2.07. The van der Waals surface area contributed by atoms with Crippen molar-refractivity contribution in [2.45, 2.75) is 6.54 Å². The zero-order valence-corrected chi connectivity index (χ0v) is 18.7. The number of nitrogens with zero attached hydrogens (tertiary/aromatic N) is 5. The Morgan fingerprint density at radius 3 is 2.47 bits per heavy atom. The Labute approximate surface area is 188 Å². The summed E-state index contributed by atoms with van der Waals surface area (Å²) in [4.78, 5) is 13.7. The summed E-state index contributed by atoms with van der Waals surface area (Å²) >= 11 is 0. The van der Waals surface area contributed by atoms with Crippen molar-refractivity contribution in [2.24, 2.45) is 4.99 Å². The molecule has 4 rings (SSSR count). The first-order valence-corrected chi connectivity index (χ1v) is 10.6. The number of hydrogen-bond acceptors (Lipinski definition) is 6. The molecular weight excluding hydrogens is 406 g/mol. The summed E-state index contributed by atoms with van der Waals surface area (Å²) in [6, 6.07) is 15.8. The molecule has 1 aliphatic rings. The predicted molar refractivity (Wildman–Crippen MR) is 125 cm³/mol. The van der Waals surface area contributed by atoms with Crippen LogP contribution >= 0.6 is 0 Å². The highest BCUT2D eigenvalue weighted by Gasteiger charge is 2.21. The van der Waals surface area contributed by atoms with Crippen molar-refractivity contribution in [3.63, 3.8) is 0 Å². The minimum Gasteiger partial charge on any atom is -0.497 e. The van der Waals surface area contributed by atoms with Crippen molar-refractivity contribution in [3.05, 3.63) is 54.4 Å². The maximum Gasteiger partial charge on any atom is 0.194 e. The van der Waals surface area contributed by atoms with Gasteiger partial charge in [-0.3, -0.25) is 10.1 Å². The highest BCUT2D eigenvalue weighted by Crippen LogP contribution is 2.28. The highest BCUT2D eigenvalue weighted by molar-refractivity contribution is 5.80. The van der Waals surface area contributed by atoms with Gasteiger partial charge in [0.2, 0.25) is 0 Å². The van der Waals surface area contributed by atoms with E-state index in [0.717, 1.165) is 60.7 Å². The van der Waals surface area contributed by atoms with E-state index < -0.39 is 0 Å². The van der Waals surface area contributed by atoms with Crippen LogP contribution in [0.1, 0.15) is 5.82 Å². The number of aromatic nitrogens is 3. The second kappa shape index (κ2) is 10.0. The molecule has 0 bridgehead atoms. The Hall–Kier alpha value is -3.75. The van der Waals surface area contributed by atoms with Gasteiger partial charge in [-0.25, -0.2) is 4.98 Å². The number of hydrogen-bond donors (Lipinski definition) is 2. The van der Waals surface area contributed by atoms with Crippen molar-refractivity contribution in [3.8, 4) is 22.9 Å². The molecule has 2 aromatic carbocycles. The third-order valence-electron chi connectivity index (χ3n) is 5.51. The van der Waals surface area contributed by atoms with Gasteiger partial charge in [0.15, 0.2) is 11.8 Å². The molecule has 0 aliphatic carbocycles. The Morgan fingerprint density at radius 2 is 1.78 bits per heavy atom. The van der Waals surface area contributed by atoms with Gasteiger partial charge in [0, 0.05) is 38.8 Å². The second-order valence-corrected chi connectivity index (χ2v) is 7.38. The van der Waals surface area contributed by atoms with Gasteiger partial charge < -0.3 is 24.6 Å². The molecule has 1 aliphatic heterocycles. The Bertz CT molecular complexity index is 1040. The first-order chi connectivity index (χ1) is 15.7. The first-order valence-electron chi connectivity index (χ1n) is 10.6. The monoisotopic (exact) mass is 435 g/mol. The van der Waals surface area contributed by atoms with Gasteiger partial charge in [0.1, 0.15) is 17.3 Å². The Balaban J connectivity index is 1.32. The summed E-state index contributed by atoms with van der Waals surface area (Å²) in [5.74, 6) is 3.98. The average molecular weight is 436 g/mol. The molecule has 0 saturated carbocycles. The number of para-hydroxylation sites is 2. The summed E-state index contributed by atoms with van der Waals surface area (Å²) in [5, 5.41) is 10.7. The summed E-state index contributed by atoms with van der Waals surface area (Å²) in [6.07, 6.45) is 0. The largest absolute Gasteiger partial charge is 0.497 e. The first kappa shape index (κ1) is 21.5. The minimum atomic E-state index is 0.516. The topological polar surface area (TPSA) is 90.9 Å². The smallest absolute Gasteiger partial charge is 0.194 e. The van der Waals surface area contributed by atoms with Crippen LogP contribution in [0, 0.1) is 0 Å². The van der Waals surface area contributed by atoms with Gasteiger partial charge in [-0.1, -0.05) is 12.1 Å². The van der Waals surface area contributed by atoms with Crippen molar-refractivity contribution < 1.29 is 9.47 Å². The molecule has 2 heterocycles. The molecule has 0 radical (unpaired) electrons. The van der Waals surface area contributed by atoms with Crippen LogP contribution < -0.4 is 19.7 Å². The third kappa shape index (κ3) is 4.77. The lowest BCUT2D eigenvalue weighted by atomic mass is 10.2. The van der Waals surface area contributed by atoms with Crippen LogP contribution in [0.2, 0.25) is 0 Å². The average Bonchev–Trinajstić information content (AvgIpc) is 3.34. The molecule has 1 fully saturated rings. The third-order valence-corrected chi connectivity index (χ3v) is 5.51. The number of piperazine rings is 1. The van der Waals surface area contributed by atoms with E-state index in [-0.39, 0.29) is 0 Å². The van der Waals surface area contributed by atoms with Gasteiger partial charge >= 0.3 is 0 Å². The molecule has 9 heteroatoms. The van der Waals surface area contributed by atoms with Crippen molar-refractivity contribution in [1.82, 2.24) is 25.4 Å². The van der Waals surface area contributed by atoms with E-state index in [9.17, 15) is 0 Å². The normalized spacial score (nSPS) is 14.4. The van der Waals surface area contributed by atoms with Crippen molar-refractivity contribution >= 4 is 11.6 Å². The van der Waals surface area contributed by atoms with E-state index in [1.165, 1.54) is 0 Å². The molecule has 3 aromatic rings. The number of H-pyrrole nitrogens is 1. The molecule has 1 saturated heterocycles. The van der Waals surface area contributed by atoms with Crippen LogP contribution in [0.3, 0.4) is 0 Å². The zero-order valence-electron chi connectivity index (χ0n) is 18.7. The second-order valence-electron chi connectivity index (χ2n) is 7.38. The molecule has 0 amide bonds. The Morgan fingerprint density at radius 1 is 1.03 bits per heavy atom. The predicted octanol–water partition coefficient (Wildman–Crippen LogP) is 2.39. The van der Waals surface area contributed by atoms with Crippen molar-refractivity contribution in [2.75, 3.05) is 52.3 Å². The van der Waals surface area contributed by atoms with Crippen LogP contribution in [0.5, 0.6) is 11.5 Å². The van der Waals surface area contributed by atoms with E-state index in [4.69, 9.17) is 9.47 Å². The fourth-order valence-corrected chi connectivity index (χ4v) is 3.79. The molecule has 2 N–H and O–H groups in total. The lowest BCUT2D eigenvalue weighted by molar-refractivity contribution is 0.366. The standard InChI is InChI=1S/C23H29N7O2/c1-24-23(30-14-12-29(13-15-30)19-6-4-5-7-20(19)32-3)25-16-21-26-22(28-27-21)17-8-10-18(31-2)11-9-17/h4-11H,12-16H2,1-3H3,(H,24,25)(H,26,27,28). The quantitative estimate of drug-likeness (QED) is 0.454. The molecule has 1 aromatic heterocycles. The molecule has 168 valence electrons. The number of benzene rings is 2. The van der Waals surface area contributed by atoms with Gasteiger partial charge in [-0.05, 0) is 36.4 Å². The van der Waals surface area contributed by atoms with Crippen molar-refractivity contribution in [1.29, 1.82) is 0 Å². The SMILES string of the molecule is CN=C(NCc1nc(-c2ccc(OC)cc2)n[nH]1)N1CCN(c2ccccc2OC)CC1. The number of rotatable bonds is 6. The summed E-state index contributed by atoms with van der Waals surface area (Å²) < 4.78 is 10.7. The van der Waals surface area contributed by atoms with Crippen LogP contribution in [-0.2, 0) is 6.54 Å². The van der Waals surface area contributed by atoms with Gasteiger partial charge in [0.25, 0.3) is 0 Å². The van der Waals surface area contributed by atoms with Crippen LogP contribution in [-0.4, -0.2) is 73.5 Å². The summed E-state index contributed by atoms with van der Waals surface area (Å²) in [7, 11) is 5.17. The number of aliphatic imine (C=N–C) groups is 1. The molecule has 32 heavy (non-hydrogen) atoms. The van der Waals surface area contributed by atoms with E-state index in [0.29, 0.717) is 12.4 Å². The van der Waals surface area contributed by atoms with Crippen LogP contribution in [0.15, 0.2) is 53.5 Å². The van der Waals surface area contributed by atoms with Crippen LogP contribution in [0.4, 0.5) is 5.69 Å². The fraction of sp³-hybridized carbons (Fsp3) is 0.348. The van der Waals surface area contributed by atoms with Crippen LogP contribution in [0.25, 0.3) is 11.4 Å². The maximum atomic E-state index is 5.51. The van der Waals surface area contributed by atoms with E-state index in [1.807, 2.05) is 42.5 Å². The fourth-order valence-electron chi connectivity index (χ4n) is 3.79. The molecule has 0 atom stereocenters. The number of guanidine groups is 1.